The number of nitrogens with one attached hydrogen (secondary N) is 1. The lowest BCUT2D eigenvalue weighted by atomic mass is 10.1. The summed E-state index contributed by atoms with van der Waals surface area (Å²) in [6, 6.07) is 9.20. The quantitative estimate of drug-likeness (QED) is 0.846. The van der Waals surface area contributed by atoms with Gasteiger partial charge in [0, 0.05) is 31.3 Å². The predicted molar refractivity (Wildman–Crippen MR) is 94.4 cm³/mol. The zero-order valence-corrected chi connectivity index (χ0v) is 14.9. The molecule has 148 valence electrons. The van der Waals surface area contributed by atoms with Crippen molar-refractivity contribution in [2.45, 2.75) is 13.1 Å². The van der Waals surface area contributed by atoms with Gasteiger partial charge in [-0.1, -0.05) is 6.07 Å². The van der Waals surface area contributed by atoms with Crippen molar-refractivity contribution in [3.63, 3.8) is 0 Å². The molecule has 2 amide bonds. The summed E-state index contributed by atoms with van der Waals surface area (Å²) < 4.78 is 49.1. The molecule has 0 fully saturated rings. The van der Waals surface area contributed by atoms with Crippen LogP contribution in [0.5, 0.6) is 11.5 Å². The summed E-state index contributed by atoms with van der Waals surface area (Å²) in [5, 5.41) is 2.64. The first kappa shape index (κ1) is 19.5. The highest BCUT2D eigenvalue weighted by Gasteiger charge is 2.31. The summed E-state index contributed by atoms with van der Waals surface area (Å²) in [4.78, 5) is 25.3. The number of amides is 2. The van der Waals surface area contributed by atoms with E-state index in [1.54, 1.807) is 12.1 Å². The molecule has 0 radical (unpaired) electrons. The number of benzene rings is 2. The Morgan fingerprint density at radius 2 is 1.86 bits per heavy atom. The van der Waals surface area contributed by atoms with Crippen LogP contribution in [0, 0.1) is 0 Å². The second-order valence-corrected chi connectivity index (χ2v) is 6.04. The Balaban J connectivity index is 1.64. The third-order valence-electron chi connectivity index (χ3n) is 4.12. The molecule has 0 aliphatic carbocycles. The molecule has 0 bridgehead atoms. The summed E-state index contributed by atoms with van der Waals surface area (Å²) in [7, 11) is 0. The van der Waals surface area contributed by atoms with Crippen molar-refractivity contribution in [1.29, 1.82) is 0 Å². The summed E-state index contributed by atoms with van der Waals surface area (Å²) >= 11 is 0. The zero-order chi connectivity index (χ0) is 20.3. The third-order valence-corrected chi connectivity index (χ3v) is 4.12. The topological polar surface area (TPSA) is 67.9 Å². The molecule has 0 atom stereocenters. The van der Waals surface area contributed by atoms with E-state index < -0.39 is 23.6 Å². The number of carbonyl (C=O) groups is 2. The fourth-order valence-electron chi connectivity index (χ4n) is 2.74. The first-order chi connectivity index (χ1) is 13.3. The first-order valence-corrected chi connectivity index (χ1v) is 8.39. The van der Waals surface area contributed by atoms with E-state index in [9.17, 15) is 22.8 Å². The maximum atomic E-state index is 12.9. The van der Waals surface area contributed by atoms with Crippen LogP contribution in [-0.4, -0.2) is 31.7 Å². The molecule has 1 heterocycles. The number of carbonyl (C=O) groups excluding carboxylic acids is 2. The van der Waals surface area contributed by atoms with Gasteiger partial charge in [0.2, 0.25) is 12.7 Å². The number of hydrogen-bond donors (Lipinski definition) is 1. The van der Waals surface area contributed by atoms with Gasteiger partial charge in [0.05, 0.1) is 5.56 Å². The maximum absolute atomic E-state index is 12.9. The van der Waals surface area contributed by atoms with Gasteiger partial charge in [-0.05, 0) is 36.4 Å². The molecule has 1 N–H and O–H groups in total. The van der Waals surface area contributed by atoms with Gasteiger partial charge in [-0.2, -0.15) is 13.2 Å². The number of nitrogens with zero attached hydrogens (tertiary/aromatic N) is 1. The van der Waals surface area contributed by atoms with Crippen LogP contribution in [0.3, 0.4) is 0 Å². The summed E-state index contributed by atoms with van der Waals surface area (Å²) in [6.45, 7) is 1.42. The van der Waals surface area contributed by atoms with Crippen molar-refractivity contribution in [2.24, 2.45) is 0 Å². The van der Waals surface area contributed by atoms with Crippen LogP contribution >= 0.6 is 0 Å². The normalized spacial score (nSPS) is 12.6. The molecule has 1 aliphatic heterocycles. The highest BCUT2D eigenvalue weighted by molar-refractivity contribution is 5.95. The number of hydrogen-bond acceptors (Lipinski definition) is 4. The molecule has 3 rings (SSSR count). The number of fused-ring (bicyclic) bond motifs is 1. The van der Waals surface area contributed by atoms with Crippen LogP contribution in [-0.2, 0) is 11.0 Å². The van der Waals surface area contributed by atoms with Gasteiger partial charge in [0.1, 0.15) is 0 Å². The molecule has 0 spiro atoms. The molecule has 0 unspecified atom stereocenters. The van der Waals surface area contributed by atoms with E-state index >= 15 is 0 Å². The Morgan fingerprint density at radius 3 is 2.57 bits per heavy atom. The van der Waals surface area contributed by atoms with Gasteiger partial charge in [-0.15, -0.1) is 0 Å². The number of anilines is 1. The number of halogens is 3. The van der Waals surface area contributed by atoms with Crippen molar-refractivity contribution >= 4 is 17.5 Å². The van der Waals surface area contributed by atoms with E-state index in [0.717, 1.165) is 12.1 Å². The highest BCUT2D eigenvalue weighted by atomic mass is 19.4. The minimum Gasteiger partial charge on any atom is -0.454 e. The van der Waals surface area contributed by atoms with Crippen LogP contribution in [0.1, 0.15) is 22.8 Å². The van der Waals surface area contributed by atoms with Crippen LogP contribution in [0.15, 0.2) is 42.5 Å². The Kier molecular flexibility index (Phi) is 5.43. The number of alkyl halides is 3. The summed E-state index contributed by atoms with van der Waals surface area (Å²) in [6.07, 6.45) is -4.51. The van der Waals surface area contributed by atoms with Gasteiger partial charge >= 0.3 is 6.18 Å². The van der Waals surface area contributed by atoms with Crippen LogP contribution in [0.4, 0.5) is 18.9 Å². The Bertz CT molecular complexity index is 899. The van der Waals surface area contributed by atoms with E-state index in [1.165, 1.54) is 30.0 Å². The smallest absolute Gasteiger partial charge is 0.416 e. The number of rotatable bonds is 5. The van der Waals surface area contributed by atoms with E-state index in [-0.39, 0.29) is 25.6 Å². The van der Waals surface area contributed by atoms with Crippen LogP contribution < -0.4 is 19.7 Å². The molecule has 0 aromatic heterocycles. The van der Waals surface area contributed by atoms with E-state index in [4.69, 9.17) is 9.47 Å². The molecule has 6 nitrogen and oxygen atoms in total. The lowest BCUT2D eigenvalue weighted by molar-refractivity contribution is -0.137. The number of ether oxygens (including phenoxy) is 2. The standard InChI is InChI=1S/C19H17F3N2O4/c1-12(25)24(15-4-2-3-14(10-15)19(20,21)22)8-7-23-18(26)13-5-6-16-17(9-13)28-11-27-16/h2-6,9-10H,7-8,11H2,1H3,(H,23,26). The molecule has 2 aromatic rings. The predicted octanol–water partition coefficient (Wildman–Crippen LogP) is 3.22. The van der Waals surface area contributed by atoms with Crippen molar-refractivity contribution in [1.82, 2.24) is 5.32 Å². The fourth-order valence-corrected chi connectivity index (χ4v) is 2.74. The zero-order valence-electron chi connectivity index (χ0n) is 14.9. The van der Waals surface area contributed by atoms with Crippen LogP contribution in [0.25, 0.3) is 0 Å². The molecule has 0 saturated heterocycles. The minimum atomic E-state index is -4.51. The second-order valence-electron chi connectivity index (χ2n) is 6.04. The summed E-state index contributed by atoms with van der Waals surface area (Å²) in [5.74, 6) is 0.174. The van der Waals surface area contributed by atoms with Gasteiger partial charge in [-0.25, -0.2) is 0 Å². The lowest BCUT2D eigenvalue weighted by Gasteiger charge is -2.22. The van der Waals surface area contributed by atoms with E-state index in [2.05, 4.69) is 5.32 Å². The second kappa shape index (κ2) is 7.79. The fraction of sp³-hybridized carbons (Fsp3) is 0.263. The van der Waals surface area contributed by atoms with Gasteiger partial charge in [0.25, 0.3) is 5.91 Å². The van der Waals surface area contributed by atoms with Crippen molar-refractivity contribution in [3.05, 3.63) is 53.6 Å². The Hall–Kier alpha value is -3.23. The molecule has 1 aliphatic rings. The SMILES string of the molecule is CC(=O)N(CCNC(=O)c1ccc2c(c1)OCO2)c1cccc(C(F)(F)F)c1. The monoisotopic (exact) mass is 394 g/mol. The average Bonchev–Trinajstić information content (AvgIpc) is 3.12. The van der Waals surface area contributed by atoms with Crippen LogP contribution in [0.2, 0.25) is 0 Å². The third kappa shape index (κ3) is 4.36. The molecular formula is C19H17F3N2O4. The molecule has 28 heavy (non-hydrogen) atoms. The van der Waals surface area contributed by atoms with Gasteiger partial charge in [-0.3, -0.25) is 9.59 Å². The molecule has 2 aromatic carbocycles. The molecule has 9 heteroatoms. The highest BCUT2D eigenvalue weighted by Crippen LogP contribution is 2.33. The first-order valence-electron chi connectivity index (χ1n) is 8.39. The van der Waals surface area contributed by atoms with Gasteiger partial charge < -0.3 is 19.7 Å². The minimum absolute atomic E-state index is 0.0208. The Labute approximate surface area is 158 Å². The molecular weight excluding hydrogens is 377 g/mol. The van der Waals surface area contributed by atoms with E-state index in [0.29, 0.717) is 17.1 Å². The lowest BCUT2D eigenvalue weighted by Crippen LogP contribution is -2.37. The Morgan fingerprint density at radius 1 is 1.11 bits per heavy atom. The van der Waals surface area contributed by atoms with Gasteiger partial charge in [0.15, 0.2) is 11.5 Å². The van der Waals surface area contributed by atoms with Crippen molar-refractivity contribution < 1.29 is 32.2 Å². The average molecular weight is 394 g/mol. The summed E-state index contributed by atoms with van der Waals surface area (Å²) in [5.41, 5.74) is -0.391. The van der Waals surface area contributed by atoms with E-state index in [1.807, 2.05) is 0 Å². The maximum Gasteiger partial charge on any atom is 0.416 e. The molecule has 0 saturated carbocycles. The van der Waals surface area contributed by atoms with Crippen molar-refractivity contribution in [3.8, 4) is 11.5 Å². The largest absolute Gasteiger partial charge is 0.454 e. The van der Waals surface area contributed by atoms with Crippen molar-refractivity contribution in [2.75, 3.05) is 24.8 Å².